The molecule has 0 bridgehead atoms. The van der Waals surface area contributed by atoms with Gasteiger partial charge in [0, 0.05) is 56.5 Å². The predicted octanol–water partition coefficient (Wildman–Crippen LogP) is -4.93. The summed E-state index contributed by atoms with van der Waals surface area (Å²) < 4.78 is 0. The van der Waals surface area contributed by atoms with E-state index in [1.54, 1.807) is 0 Å². The largest absolute Gasteiger partial charge is 1.00 e. The van der Waals surface area contributed by atoms with Gasteiger partial charge in [0.15, 0.2) is 0 Å². The van der Waals surface area contributed by atoms with E-state index in [2.05, 4.69) is 39.4 Å². The zero-order chi connectivity index (χ0) is 12.0. The number of hydrogen-bond acceptors (Lipinski definition) is 6. The van der Waals surface area contributed by atoms with Crippen LogP contribution >= 0.6 is 0 Å². The van der Waals surface area contributed by atoms with Crippen LogP contribution in [0.5, 0.6) is 0 Å². The van der Waals surface area contributed by atoms with Crippen LogP contribution < -0.4 is 59.1 Å². The van der Waals surface area contributed by atoms with Crippen molar-refractivity contribution in [1.29, 1.82) is 31.6 Å². The minimum absolute atomic E-state index is 0. The molecule has 72 valence electrons. The summed E-state index contributed by atoms with van der Waals surface area (Å²) in [5.41, 5.74) is 0. The summed E-state index contributed by atoms with van der Waals surface area (Å²) in [6, 6.07) is 0. The van der Waals surface area contributed by atoms with E-state index < -0.39 is 0 Å². The Morgan fingerprint density at radius 2 is 0.400 bits per heavy atom. The van der Waals surface area contributed by atoms with Crippen LogP contribution in [-0.2, 0) is 17.1 Å². The van der Waals surface area contributed by atoms with Gasteiger partial charge in [-0.25, -0.2) is 31.6 Å². The molecule has 9 heteroatoms. The maximum atomic E-state index is 6.50. The second kappa shape index (κ2) is 7150. The smallest absolute Gasteiger partial charge is 1.00 e. The number of nitriles is 6. The molecule has 0 saturated heterocycles. The van der Waals surface area contributed by atoms with Crippen LogP contribution in [0.3, 0.4) is 0 Å². The van der Waals surface area contributed by atoms with E-state index in [1.807, 2.05) is 0 Å². The van der Waals surface area contributed by atoms with Crippen molar-refractivity contribution in [2.75, 3.05) is 0 Å². The molecule has 15 heavy (non-hydrogen) atoms. The van der Waals surface area contributed by atoms with Crippen molar-refractivity contribution in [3.05, 3.63) is 0 Å². The third-order valence-corrected chi connectivity index (χ3v) is 0. The SMILES string of the molecule is C#N.C#N.C#N.C#N.C#N.C#N.[Fe].[H-].[H-].[Na+].[Na+]. The summed E-state index contributed by atoms with van der Waals surface area (Å²) in [7, 11) is 0. The van der Waals surface area contributed by atoms with E-state index in [0.29, 0.717) is 0 Å². The van der Waals surface area contributed by atoms with Crippen LogP contribution in [0.25, 0.3) is 0 Å². The Morgan fingerprint density at radius 1 is 0.400 bits per heavy atom. The molecule has 0 aromatic heterocycles. The topological polar surface area (TPSA) is 143 Å². The maximum Gasteiger partial charge on any atom is 1.00 e. The van der Waals surface area contributed by atoms with Crippen molar-refractivity contribution in [3.63, 3.8) is 0 Å². The molecule has 0 aromatic rings. The summed E-state index contributed by atoms with van der Waals surface area (Å²) in [5, 5.41) is 39.0. The minimum atomic E-state index is 0. The molecule has 0 spiro atoms. The first-order valence-corrected chi connectivity index (χ1v) is 1.55. The van der Waals surface area contributed by atoms with Gasteiger partial charge in [-0.2, -0.15) is 0 Å². The Labute approximate surface area is 148 Å². The zero-order valence-electron chi connectivity index (χ0n) is 10.5. The van der Waals surface area contributed by atoms with Gasteiger partial charge in [-0.3, -0.25) is 0 Å². The second-order valence-electron chi connectivity index (χ2n) is 0. The fourth-order valence-electron chi connectivity index (χ4n) is 0. The van der Waals surface area contributed by atoms with Crippen molar-refractivity contribution in [2.24, 2.45) is 0 Å². The second-order valence-corrected chi connectivity index (χ2v) is 0. The van der Waals surface area contributed by atoms with Crippen molar-refractivity contribution < 1.29 is 79.0 Å². The maximum absolute atomic E-state index is 6.50. The van der Waals surface area contributed by atoms with E-state index >= 15 is 0 Å². The normalized spacial score (nSPS) is 0.800. The van der Waals surface area contributed by atoms with Gasteiger partial charge in [-0.15, -0.1) is 0 Å². The Balaban J connectivity index is -0.00000000267. The summed E-state index contributed by atoms with van der Waals surface area (Å²) in [6.45, 7) is 21.0. The molecule has 0 aromatic carbocycles. The number of hydrogen-bond donors (Lipinski definition) is 0. The van der Waals surface area contributed by atoms with E-state index in [4.69, 9.17) is 31.6 Å². The van der Waals surface area contributed by atoms with Crippen LogP contribution in [-0.4, -0.2) is 0 Å². The molecule has 0 aliphatic heterocycles. The van der Waals surface area contributed by atoms with Crippen molar-refractivity contribution in [2.45, 2.75) is 0 Å². The summed E-state index contributed by atoms with van der Waals surface area (Å²) in [6.07, 6.45) is 0. The number of nitrogens with zero attached hydrogens (tertiary/aromatic N) is 6. The fourth-order valence-corrected chi connectivity index (χ4v) is 0. The molecule has 0 saturated carbocycles. The number of rotatable bonds is 0. The first kappa shape index (κ1) is 87.9. The van der Waals surface area contributed by atoms with Crippen LogP contribution in [0.15, 0.2) is 0 Å². The van der Waals surface area contributed by atoms with Gasteiger partial charge < -0.3 is 2.85 Å². The van der Waals surface area contributed by atoms with Crippen LogP contribution in [0, 0.1) is 71.0 Å². The van der Waals surface area contributed by atoms with Crippen molar-refractivity contribution in [3.8, 4) is 39.4 Å². The molecular formula is C6H8FeN6Na2. The summed E-state index contributed by atoms with van der Waals surface area (Å²) in [5.74, 6) is 0. The summed E-state index contributed by atoms with van der Waals surface area (Å²) >= 11 is 0. The van der Waals surface area contributed by atoms with Gasteiger partial charge in [-0.05, 0) is 0 Å². The van der Waals surface area contributed by atoms with E-state index in [0.717, 1.165) is 0 Å². The molecule has 0 atom stereocenters. The van der Waals surface area contributed by atoms with Gasteiger partial charge >= 0.3 is 59.1 Å². The van der Waals surface area contributed by atoms with Gasteiger partial charge in [0.05, 0.1) is 0 Å². The monoisotopic (exact) mass is 266 g/mol. The van der Waals surface area contributed by atoms with Crippen molar-refractivity contribution >= 4 is 0 Å². The van der Waals surface area contributed by atoms with Crippen molar-refractivity contribution in [1.82, 2.24) is 0 Å². The molecule has 0 rings (SSSR count). The average molecular weight is 266 g/mol. The molecule has 0 aliphatic carbocycles. The quantitative estimate of drug-likeness (QED) is 0.402. The van der Waals surface area contributed by atoms with Crippen LogP contribution in [0.1, 0.15) is 2.85 Å². The van der Waals surface area contributed by atoms with Gasteiger partial charge in [-0.1, -0.05) is 0 Å². The molecule has 0 aliphatic rings. The minimum Gasteiger partial charge on any atom is -1.00 e. The summed E-state index contributed by atoms with van der Waals surface area (Å²) in [4.78, 5) is 0. The Hall–Kier alpha value is -0.541. The third-order valence-electron chi connectivity index (χ3n) is 0. The molecule has 6 nitrogen and oxygen atoms in total. The molecule has 0 unspecified atom stereocenters. The predicted molar refractivity (Wildman–Crippen MR) is 42.2 cm³/mol. The van der Waals surface area contributed by atoms with E-state index in [-0.39, 0.29) is 79.0 Å². The first-order valence-electron chi connectivity index (χ1n) is 1.55. The Morgan fingerprint density at radius 3 is 0.400 bits per heavy atom. The average Bonchev–Trinajstić information content (AvgIpc) is 2.33. The van der Waals surface area contributed by atoms with Gasteiger partial charge in [0.1, 0.15) is 0 Å². The van der Waals surface area contributed by atoms with E-state index in [1.165, 1.54) is 0 Å². The molecule has 0 amide bonds. The molecule has 0 heterocycles. The standard InChI is InChI=1S/6CHN.Fe.2Na.2H/c6*1-2;;;;;/h6*1H;;;;;/q;;;;;;;2*+1;2*-1. The molecule has 0 N–H and O–H groups in total. The molecule has 0 radical (unpaired) electrons. The van der Waals surface area contributed by atoms with E-state index in [9.17, 15) is 0 Å². The van der Waals surface area contributed by atoms with Gasteiger partial charge in [0.25, 0.3) is 0 Å². The molecule has 0 fully saturated rings. The zero-order valence-corrected chi connectivity index (χ0v) is 13.6. The van der Waals surface area contributed by atoms with Crippen LogP contribution in [0.2, 0.25) is 0 Å². The Kier molecular flexibility index (Phi) is 41900. The third kappa shape index (κ3) is 6050. The first-order chi connectivity index (χ1) is 6.00. The fraction of sp³-hybridized carbons (Fsp3) is 0. The Bertz CT molecular complexity index is 110. The van der Waals surface area contributed by atoms with Crippen LogP contribution in [0.4, 0.5) is 0 Å². The van der Waals surface area contributed by atoms with Gasteiger partial charge in [0.2, 0.25) is 0 Å². The molecular weight excluding hydrogens is 258 g/mol.